The lowest BCUT2D eigenvalue weighted by molar-refractivity contribution is -0.137. The number of carboxylic acid groups (broad SMARTS) is 1. The summed E-state index contributed by atoms with van der Waals surface area (Å²) in [7, 11) is 1.44. The molecule has 0 aromatic carbocycles. The van der Waals surface area contributed by atoms with Crippen LogP contribution in [0.25, 0.3) is 0 Å². The van der Waals surface area contributed by atoms with Crippen molar-refractivity contribution in [3.8, 4) is 0 Å². The van der Waals surface area contributed by atoms with Gasteiger partial charge in [0.2, 0.25) is 5.91 Å². The summed E-state index contributed by atoms with van der Waals surface area (Å²) in [6.07, 6.45) is 1.19. The lowest BCUT2D eigenvalue weighted by Gasteiger charge is -2.00. The average molecular weight is 241 g/mol. The first-order valence-electron chi connectivity index (χ1n) is 4.63. The molecule has 0 fully saturated rings. The van der Waals surface area contributed by atoms with E-state index < -0.39 is 11.9 Å². The molecular weight excluding hydrogens is 230 g/mol. The van der Waals surface area contributed by atoms with E-state index in [4.69, 9.17) is 5.11 Å². The third-order valence-corrected chi connectivity index (χ3v) is 1.76. The van der Waals surface area contributed by atoms with E-state index in [-0.39, 0.29) is 24.7 Å². The maximum absolute atomic E-state index is 11.4. The van der Waals surface area contributed by atoms with Crippen molar-refractivity contribution >= 4 is 17.8 Å². The SMILES string of the molecule is CNC(=O)CNC(=O)c1cn(CC(=O)O)nn1. The largest absolute Gasteiger partial charge is 0.480 e. The molecule has 1 rings (SSSR count). The van der Waals surface area contributed by atoms with Crippen LogP contribution in [0.2, 0.25) is 0 Å². The molecule has 0 saturated heterocycles. The molecule has 1 aromatic heterocycles. The van der Waals surface area contributed by atoms with Gasteiger partial charge in [-0.1, -0.05) is 5.21 Å². The summed E-state index contributed by atoms with van der Waals surface area (Å²) in [5, 5.41) is 20.0. The Kier molecular flexibility index (Phi) is 4.14. The molecule has 0 radical (unpaired) electrons. The lowest BCUT2D eigenvalue weighted by Crippen LogP contribution is -2.35. The average Bonchev–Trinajstić information content (AvgIpc) is 2.72. The number of carbonyl (C=O) groups excluding carboxylic acids is 2. The van der Waals surface area contributed by atoms with Gasteiger partial charge in [0.15, 0.2) is 5.69 Å². The van der Waals surface area contributed by atoms with Gasteiger partial charge < -0.3 is 15.7 Å². The molecule has 0 saturated carbocycles. The number of hydrogen-bond donors (Lipinski definition) is 3. The van der Waals surface area contributed by atoms with Gasteiger partial charge in [0.25, 0.3) is 5.91 Å². The van der Waals surface area contributed by atoms with Crippen LogP contribution in [0.3, 0.4) is 0 Å². The van der Waals surface area contributed by atoms with Gasteiger partial charge in [-0.2, -0.15) is 0 Å². The van der Waals surface area contributed by atoms with Gasteiger partial charge >= 0.3 is 5.97 Å². The van der Waals surface area contributed by atoms with E-state index in [1.54, 1.807) is 0 Å². The second-order valence-electron chi connectivity index (χ2n) is 3.05. The number of aromatic nitrogens is 3. The van der Waals surface area contributed by atoms with Gasteiger partial charge in [0.1, 0.15) is 6.54 Å². The fourth-order valence-electron chi connectivity index (χ4n) is 0.958. The van der Waals surface area contributed by atoms with Gasteiger partial charge in [-0.15, -0.1) is 5.10 Å². The van der Waals surface area contributed by atoms with E-state index in [2.05, 4.69) is 20.9 Å². The Morgan fingerprint density at radius 1 is 1.47 bits per heavy atom. The third-order valence-electron chi connectivity index (χ3n) is 1.76. The Morgan fingerprint density at radius 3 is 2.76 bits per heavy atom. The highest BCUT2D eigenvalue weighted by atomic mass is 16.4. The van der Waals surface area contributed by atoms with E-state index >= 15 is 0 Å². The van der Waals surface area contributed by atoms with Crippen LogP contribution in [0.1, 0.15) is 10.5 Å². The molecule has 2 amide bonds. The summed E-state index contributed by atoms with van der Waals surface area (Å²) in [5.74, 6) is -2.03. The number of hydrogen-bond acceptors (Lipinski definition) is 5. The van der Waals surface area contributed by atoms with E-state index in [0.29, 0.717) is 0 Å². The summed E-state index contributed by atoms with van der Waals surface area (Å²) in [5.41, 5.74) is -0.0462. The summed E-state index contributed by atoms with van der Waals surface area (Å²) in [4.78, 5) is 32.6. The molecule has 9 heteroatoms. The second-order valence-corrected chi connectivity index (χ2v) is 3.05. The molecule has 3 N–H and O–H groups in total. The summed E-state index contributed by atoms with van der Waals surface area (Å²) in [6.45, 7) is -0.559. The molecule has 1 aromatic rings. The molecule has 0 aliphatic carbocycles. The Bertz CT molecular complexity index is 441. The van der Waals surface area contributed by atoms with Gasteiger partial charge in [-0.25, -0.2) is 4.68 Å². The highest BCUT2D eigenvalue weighted by molar-refractivity contribution is 5.94. The molecular formula is C8H11N5O4. The van der Waals surface area contributed by atoms with E-state index in [9.17, 15) is 14.4 Å². The number of nitrogens with one attached hydrogen (secondary N) is 2. The Balaban J connectivity index is 2.54. The lowest BCUT2D eigenvalue weighted by atomic mass is 10.4. The van der Waals surface area contributed by atoms with E-state index in [1.165, 1.54) is 13.2 Å². The predicted molar refractivity (Wildman–Crippen MR) is 54.1 cm³/mol. The molecule has 0 spiro atoms. The highest BCUT2D eigenvalue weighted by Crippen LogP contribution is 1.92. The normalized spacial score (nSPS) is 9.71. The standard InChI is InChI=1S/C8H11N5O4/c1-9-6(14)2-10-8(17)5-3-13(12-11-5)4-7(15)16/h3H,2,4H2,1H3,(H,9,14)(H,10,17)(H,15,16). The molecule has 92 valence electrons. The van der Waals surface area contributed by atoms with Crippen molar-refractivity contribution in [1.82, 2.24) is 25.6 Å². The Labute approximate surface area is 95.8 Å². The van der Waals surface area contributed by atoms with E-state index in [1.807, 2.05) is 0 Å². The fourth-order valence-corrected chi connectivity index (χ4v) is 0.958. The predicted octanol–water partition coefficient (Wildman–Crippen LogP) is -2.16. The maximum Gasteiger partial charge on any atom is 0.325 e. The zero-order chi connectivity index (χ0) is 12.8. The highest BCUT2D eigenvalue weighted by Gasteiger charge is 2.12. The van der Waals surface area contributed by atoms with Crippen molar-refractivity contribution in [2.75, 3.05) is 13.6 Å². The van der Waals surface area contributed by atoms with Crippen LogP contribution in [-0.2, 0) is 16.1 Å². The van der Waals surface area contributed by atoms with Crippen molar-refractivity contribution in [3.63, 3.8) is 0 Å². The van der Waals surface area contributed by atoms with Crippen molar-refractivity contribution < 1.29 is 19.5 Å². The van der Waals surface area contributed by atoms with Gasteiger partial charge in [-0.05, 0) is 0 Å². The number of aliphatic carboxylic acids is 1. The molecule has 0 unspecified atom stereocenters. The fraction of sp³-hybridized carbons (Fsp3) is 0.375. The third kappa shape index (κ3) is 3.89. The molecule has 17 heavy (non-hydrogen) atoms. The number of nitrogens with zero attached hydrogens (tertiary/aromatic N) is 3. The first-order chi connectivity index (χ1) is 8.02. The minimum atomic E-state index is -1.09. The first-order valence-corrected chi connectivity index (χ1v) is 4.63. The van der Waals surface area contributed by atoms with Crippen molar-refractivity contribution in [3.05, 3.63) is 11.9 Å². The zero-order valence-corrected chi connectivity index (χ0v) is 9.01. The van der Waals surface area contributed by atoms with Gasteiger partial charge in [0.05, 0.1) is 12.7 Å². The molecule has 0 bridgehead atoms. The Hall–Kier alpha value is -2.45. The maximum atomic E-state index is 11.4. The minimum absolute atomic E-state index is 0.0462. The summed E-state index contributed by atoms with van der Waals surface area (Å²) >= 11 is 0. The van der Waals surface area contributed by atoms with Crippen LogP contribution >= 0.6 is 0 Å². The second kappa shape index (κ2) is 5.58. The van der Waals surface area contributed by atoms with Crippen LogP contribution in [-0.4, -0.2) is 51.5 Å². The van der Waals surface area contributed by atoms with Gasteiger partial charge in [-0.3, -0.25) is 14.4 Å². The number of likely N-dealkylation sites (N-methyl/N-ethyl adjacent to an activating group) is 1. The summed E-state index contributed by atoms with van der Waals surface area (Å²) in [6, 6.07) is 0. The topological polar surface area (TPSA) is 126 Å². The van der Waals surface area contributed by atoms with Crippen LogP contribution in [0, 0.1) is 0 Å². The Morgan fingerprint density at radius 2 is 2.18 bits per heavy atom. The van der Waals surface area contributed by atoms with Gasteiger partial charge in [0, 0.05) is 7.05 Å². The minimum Gasteiger partial charge on any atom is -0.480 e. The molecule has 9 nitrogen and oxygen atoms in total. The monoisotopic (exact) mass is 241 g/mol. The van der Waals surface area contributed by atoms with E-state index in [0.717, 1.165) is 4.68 Å². The van der Waals surface area contributed by atoms with Crippen molar-refractivity contribution in [2.24, 2.45) is 0 Å². The number of rotatable bonds is 5. The zero-order valence-electron chi connectivity index (χ0n) is 9.01. The quantitative estimate of drug-likeness (QED) is 0.539. The van der Waals surface area contributed by atoms with Crippen LogP contribution in [0.15, 0.2) is 6.20 Å². The summed E-state index contributed by atoms with van der Waals surface area (Å²) < 4.78 is 1.01. The molecule has 0 atom stereocenters. The number of carboxylic acids is 1. The van der Waals surface area contributed by atoms with Crippen LogP contribution in [0.5, 0.6) is 0 Å². The van der Waals surface area contributed by atoms with Crippen molar-refractivity contribution in [2.45, 2.75) is 6.54 Å². The number of amides is 2. The number of carbonyl (C=O) groups is 3. The van der Waals surface area contributed by atoms with Crippen LogP contribution < -0.4 is 10.6 Å². The molecule has 0 aliphatic heterocycles. The van der Waals surface area contributed by atoms with Crippen LogP contribution in [0.4, 0.5) is 0 Å². The first kappa shape index (κ1) is 12.6. The molecule has 0 aliphatic rings. The molecule has 1 heterocycles. The smallest absolute Gasteiger partial charge is 0.325 e. The van der Waals surface area contributed by atoms with Crippen molar-refractivity contribution in [1.29, 1.82) is 0 Å².